The number of rotatable bonds is 0. The summed E-state index contributed by atoms with van der Waals surface area (Å²) in [6.45, 7) is 8.43. The third-order valence-electron chi connectivity index (χ3n) is 2.76. The monoisotopic (exact) mass is 221 g/mol. The van der Waals surface area contributed by atoms with E-state index in [1.165, 1.54) is 11.1 Å². The summed E-state index contributed by atoms with van der Waals surface area (Å²) >= 11 is 0. The Morgan fingerprint density at radius 2 is 1.25 bits per heavy atom. The summed E-state index contributed by atoms with van der Waals surface area (Å²) in [5.41, 5.74) is 2.66. The normalized spacial score (nSPS) is 17.8. The molecule has 0 bridgehead atoms. The SMILES string of the molecule is CN1CCN(N)CC1.Cc1ccc(C)cc1. The van der Waals surface area contributed by atoms with Crippen molar-refractivity contribution in [2.24, 2.45) is 5.84 Å². The van der Waals surface area contributed by atoms with Crippen molar-refractivity contribution < 1.29 is 0 Å². The van der Waals surface area contributed by atoms with Crippen LogP contribution in [0.25, 0.3) is 0 Å². The third kappa shape index (κ3) is 5.26. The summed E-state index contributed by atoms with van der Waals surface area (Å²) in [5, 5.41) is 1.86. The highest BCUT2D eigenvalue weighted by atomic mass is 15.4. The highest BCUT2D eigenvalue weighted by Gasteiger charge is 2.08. The van der Waals surface area contributed by atoms with Crippen molar-refractivity contribution in [2.75, 3.05) is 33.2 Å². The van der Waals surface area contributed by atoms with Gasteiger partial charge in [-0.3, -0.25) is 5.84 Å². The average molecular weight is 221 g/mol. The average Bonchev–Trinajstić information content (AvgIpc) is 2.28. The summed E-state index contributed by atoms with van der Waals surface area (Å²) in [5.74, 6) is 5.50. The molecule has 1 saturated heterocycles. The maximum absolute atomic E-state index is 5.50. The number of hydrogen-bond acceptors (Lipinski definition) is 3. The van der Waals surface area contributed by atoms with Gasteiger partial charge in [0.25, 0.3) is 0 Å². The fourth-order valence-corrected chi connectivity index (χ4v) is 1.46. The second-order valence-corrected chi connectivity index (χ2v) is 4.49. The molecule has 2 rings (SSSR count). The molecule has 16 heavy (non-hydrogen) atoms. The first-order chi connectivity index (χ1) is 7.58. The van der Waals surface area contributed by atoms with Gasteiger partial charge >= 0.3 is 0 Å². The van der Waals surface area contributed by atoms with Crippen LogP contribution in [0.5, 0.6) is 0 Å². The number of aryl methyl sites for hydroxylation is 2. The van der Waals surface area contributed by atoms with E-state index in [1.807, 2.05) is 5.01 Å². The van der Waals surface area contributed by atoms with E-state index >= 15 is 0 Å². The summed E-state index contributed by atoms with van der Waals surface area (Å²) in [6.07, 6.45) is 0. The number of nitrogens with zero attached hydrogens (tertiary/aromatic N) is 2. The van der Waals surface area contributed by atoms with Crippen LogP contribution in [0.15, 0.2) is 24.3 Å². The second kappa shape index (κ2) is 6.63. The Hall–Kier alpha value is -0.900. The molecule has 0 atom stereocenters. The van der Waals surface area contributed by atoms with Crippen LogP contribution in [0.1, 0.15) is 11.1 Å². The summed E-state index contributed by atoms with van der Waals surface area (Å²) in [6, 6.07) is 8.48. The zero-order chi connectivity index (χ0) is 12.0. The number of nitrogens with two attached hydrogens (primary N) is 1. The van der Waals surface area contributed by atoms with Crippen LogP contribution in [-0.2, 0) is 0 Å². The van der Waals surface area contributed by atoms with Crippen molar-refractivity contribution in [3.63, 3.8) is 0 Å². The van der Waals surface area contributed by atoms with Crippen molar-refractivity contribution in [3.8, 4) is 0 Å². The smallest absolute Gasteiger partial charge is 0.0256 e. The lowest BCUT2D eigenvalue weighted by Gasteiger charge is -2.28. The predicted molar refractivity (Wildman–Crippen MR) is 69.2 cm³/mol. The zero-order valence-electron chi connectivity index (χ0n) is 10.6. The van der Waals surface area contributed by atoms with Crippen LogP contribution in [0.3, 0.4) is 0 Å². The Balaban J connectivity index is 0.000000160. The lowest BCUT2D eigenvalue weighted by Crippen LogP contribution is -2.47. The topological polar surface area (TPSA) is 32.5 Å². The predicted octanol–water partition coefficient (Wildman–Crippen LogP) is 1.41. The van der Waals surface area contributed by atoms with Gasteiger partial charge in [-0.05, 0) is 20.9 Å². The molecule has 0 amide bonds. The van der Waals surface area contributed by atoms with Crippen molar-refractivity contribution in [2.45, 2.75) is 13.8 Å². The van der Waals surface area contributed by atoms with Gasteiger partial charge in [0.15, 0.2) is 0 Å². The fraction of sp³-hybridized carbons (Fsp3) is 0.538. The lowest BCUT2D eigenvalue weighted by atomic mass is 10.2. The summed E-state index contributed by atoms with van der Waals surface area (Å²) < 4.78 is 0. The maximum Gasteiger partial charge on any atom is 0.0256 e. The first-order valence-electron chi connectivity index (χ1n) is 5.79. The molecule has 1 aliphatic heterocycles. The van der Waals surface area contributed by atoms with Gasteiger partial charge in [0.1, 0.15) is 0 Å². The van der Waals surface area contributed by atoms with Gasteiger partial charge in [0.05, 0.1) is 0 Å². The minimum atomic E-state index is 1.01. The molecule has 0 saturated carbocycles. The molecule has 1 aromatic carbocycles. The van der Waals surface area contributed by atoms with Gasteiger partial charge in [-0.25, -0.2) is 5.01 Å². The minimum absolute atomic E-state index is 1.01. The van der Waals surface area contributed by atoms with Crippen LogP contribution in [0.2, 0.25) is 0 Å². The van der Waals surface area contributed by atoms with Gasteiger partial charge < -0.3 is 4.90 Å². The second-order valence-electron chi connectivity index (χ2n) is 4.49. The highest BCUT2D eigenvalue weighted by Crippen LogP contribution is 1.99. The van der Waals surface area contributed by atoms with E-state index in [1.54, 1.807) is 0 Å². The molecule has 1 fully saturated rings. The van der Waals surface area contributed by atoms with Crippen LogP contribution >= 0.6 is 0 Å². The molecule has 0 aliphatic carbocycles. The molecule has 1 aliphatic rings. The molecule has 1 aromatic rings. The van der Waals surface area contributed by atoms with Gasteiger partial charge in [-0.1, -0.05) is 35.4 Å². The van der Waals surface area contributed by atoms with Crippen LogP contribution in [0.4, 0.5) is 0 Å². The van der Waals surface area contributed by atoms with E-state index in [-0.39, 0.29) is 0 Å². The largest absolute Gasteiger partial charge is 0.304 e. The van der Waals surface area contributed by atoms with E-state index in [0.29, 0.717) is 0 Å². The molecule has 0 radical (unpaired) electrons. The zero-order valence-corrected chi connectivity index (χ0v) is 10.6. The van der Waals surface area contributed by atoms with Crippen molar-refractivity contribution in [1.29, 1.82) is 0 Å². The summed E-state index contributed by atoms with van der Waals surface area (Å²) in [4.78, 5) is 2.28. The van der Waals surface area contributed by atoms with Crippen LogP contribution in [0, 0.1) is 13.8 Å². The molecular formula is C13H23N3. The number of benzene rings is 1. The van der Waals surface area contributed by atoms with Gasteiger partial charge in [-0.15, -0.1) is 0 Å². The highest BCUT2D eigenvalue weighted by molar-refractivity contribution is 5.19. The standard InChI is InChI=1S/C8H10.C5H13N3/c1-7-3-5-8(2)6-4-7;1-7-2-4-8(6)5-3-7/h3-6H,1-2H3;2-6H2,1H3. The number of hydrazine groups is 1. The molecule has 90 valence electrons. The van der Waals surface area contributed by atoms with E-state index in [4.69, 9.17) is 5.84 Å². The quantitative estimate of drug-likeness (QED) is 0.672. The van der Waals surface area contributed by atoms with Gasteiger partial charge in [-0.2, -0.15) is 0 Å². The van der Waals surface area contributed by atoms with E-state index in [9.17, 15) is 0 Å². The molecule has 0 unspecified atom stereocenters. The number of hydrogen-bond donors (Lipinski definition) is 1. The molecule has 2 N–H and O–H groups in total. The van der Waals surface area contributed by atoms with Crippen LogP contribution in [-0.4, -0.2) is 43.1 Å². The minimum Gasteiger partial charge on any atom is -0.304 e. The lowest BCUT2D eigenvalue weighted by molar-refractivity contribution is 0.156. The molecule has 0 aromatic heterocycles. The van der Waals surface area contributed by atoms with Gasteiger partial charge in [0.2, 0.25) is 0 Å². The Kier molecular flexibility index (Phi) is 5.46. The van der Waals surface area contributed by atoms with E-state index in [2.05, 4.69) is 50.1 Å². The Bertz CT molecular complexity index is 256. The van der Waals surface area contributed by atoms with Crippen molar-refractivity contribution in [3.05, 3.63) is 35.4 Å². The number of likely N-dealkylation sites (N-methyl/N-ethyl adjacent to an activating group) is 1. The third-order valence-corrected chi connectivity index (χ3v) is 2.76. The summed E-state index contributed by atoms with van der Waals surface area (Å²) in [7, 11) is 2.12. The fourth-order valence-electron chi connectivity index (χ4n) is 1.46. The van der Waals surface area contributed by atoms with Crippen molar-refractivity contribution >= 4 is 0 Å². The first-order valence-corrected chi connectivity index (χ1v) is 5.79. The maximum atomic E-state index is 5.50. The first kappa shape index (κ1) is 13.2. The van der Waals surface area contributed by atoms with E-state index in [0.717, 1.165) is 26.2 Å². The van der Waals surface area contributed by atoms with Crippen LogP contribution < -0.4 is 5.84 Å². The molecule has 3 heteroatoms. The Morgan fingerprint density at radius 3 is 1.56 bits per heavy atom. The Morgan fingerprint density at radius 1 is 0.875 bits per heavy atom. The van der Waals surface area contributed by atoms with Gasteiger partial charge in [0, 0.05) is 26.2 Å². The number of piperazine rings is 1. The molecule has 0 spiro atoms. The van der Waals surface area contributed by atoms with E-state index < -0.39 is 0 Å². The van der Waals surface area contributed by atoms with Crippen molar-refractivity contribution in [1.82, 2.24) is 9.91 Å². The Labute approximate surface area is 98.8 Å². The molecule has 1 heterocycles. The molecule has 3 nitrogen and oxygen atoms in total. The molecular weight excluding hydrogens is 198 g/mol.